The summed E-state index contributed by atoms with van der Waals surface area (Å²) in [6, 6.07) is 5.57. The van der Waals surface area contributed by atoms with E-state index in [2.05, 4.69) is 0 Å². The number of phenols is 1. The smallest absolute Gasteiger partial charge is 0.231 e. The molecule has 0 amide bonds. The fourth-order valence-corrected chi connectivity index (χ4v) is 5.11. The van der Waals surface area contributed by atoms with Gasteiger partial charge in [0, 0.05) is 6.07 Å². The second kappa shape index (κ2) is 10.5. The first-order chi connectivity index (χ1) is 19.6. The van der Waals surface area contributed by atoms with Crippen molar-refractivity contribution >= 4 is 21.9 Å². The Balaban J connectivity index is 1.33. The number of aliphatic hydroxyl groups excluding tert-OH is 6. The first-order valence-electron chi connectivity index (χ1n) is 12.8. The maximum absolute atomic E-state index is 13.4. The van der Waals surface area contributed by atoms with E-state index in [0.29, 0.717) is 0 Å². The predicted octanol–water partition coefficient (Wildman–Crippen LogP) is -1.59. The molecular weight excluding hydrogens is 552 g/mol. The van der Waals surface area contributed by atoms with Gasteiger partial charge in [0.2, 0.25) is 24.3 Å². The van der Waals surface area contributed by atoms with E-state index in [1.54, 1.807) is 0 Å². The number of hydrogen-bond donors (Lipinski definition) is 7. The van der Waals surface area contributed by atoms with Crippen molar-refractivity contribution in [2.24, 2.45) is 0 Å². The lowest BCUT2D eigenvalue weighted by atomic mass is 9.97. The monoisotopic (exact) mass is 580 g/mol. The lowest BCUT2D eigenvalue weighted by Gasteiger charge is -2.45. The lowest BCUT2D eigenvalue weighted by Crippen LogP contribution is -2.64. The van der Waals surface area contributed by atoms with Crippen LogP contribution in [0.1, 0.15) is 6.92 Å². The molecule has 3 aliphatic heterocycles. The standard InChI is InChI=1S/C26H28O15/c1-8-16(28)20(32)22(34)25(37-8)41-24-21(33)18(30)14(6-27)40-26(24)38-9-2-3-11-10(4-9)17(29)15-12(39-11)5-13-23(19(15)31)36-7-35-13/h2-5,8,14,16,18,20-22,24-28,30-34H,6-7H2,1H3. The van der Waals surface area contributed by atoms with Crippen molar-refractivity contribution in [2.45, 2.75) is 68.3 Å². The van der Waals surface area contributed by atoms with Crippen LogP contribution in [0.15, 0.2) is 33.5 Å². The lowest BCUT2D eigenvalue weighted by molar-refractivity contribution is -0.354. The molecule has 2 saturated heterocycles. The quantitative estimate of drug-likeness (QED) is 0.169. The summed E-state index contributed by atoms with van der Waals surface area (Å²) in [5, 5.41) is 71.9. The number of aromatic hydroxyl groups is 1. The van der Waals surface area contributed by atoms with Gasteiger partial charge in [0.1, 0.15) is 58.9 Å². The molecule has 4 heterocycles. The Hall–Kier alpha value is -3.25. The molecule has 10 unspecified atom stereocenters. The molecule has 6 rings (SSSR count). The molecule has 15 heteroatoms. The molecule has 0 aliphatic carbocycles. The SMILES string of the molecule is CC1OC(OC2C(Oc3ccc4oc5cc6c(c(O)c5c(=O)c4c3)OCO6)OC(CO)C(O)C2O)C(O)C(O)C1O. The first-order valence-corrected chi connectivity index (χ1v) is 12.8. The summed E-state index contributed by atoms with van der Waals surface area (Å²) in [7, 11) is 0. The average Bonchev–Trinajstić information content (AvgIpc) is 3.43. The fourth-order valence-electron chi connectivity index (χ4n) is 5.11. The molecule has 7 N–H and O–H groups in total. The molecule has 0 radical (unpaired) electrons. The molecule has 10 atom stereocenters. The summed E-state index contributed by atoms with van der Waals surface area (Å²) in [5.74, 6) is -0.205. The topological polar surface area (TPSA) is 227 Å². The number of hydrogen-bond acceptors (Lipinski definition) is 15. The summed E-state index contributed by atoms with van der Waals surface area (Å²) in [6.07, 6.45) is -15.0. The van der Waals surface area contributed by atoms with Crippen molar-refractivity contribution in [1.29, 1.82) is 0 Å². The number of ether oxygens (including phenoxy) is 6. The first kappa shape index (κ1) is 27.9. The van der Waals surface area contributed by atoms with Gasteiger partial charge in [-0.15, -0.1) is 0 Å². The molecule has 1 aromatic heterocycles. The maximum atomic E-state index is 13.4. The van der Waals surface area contributed by atoms with E-state index < -0.39 is 79.2 Å². The average molecular weight is 580 g/mol. The second-order valence-corrected chi connectivity index (χ2v) is 10.0. The molecule has 0 bridgehead atoms. The Bertz CT molecular complexity index is 1510. The summed E-state index contributed by atoms with van der Waals surface area (Å²) < 4.78 is 39.0. The van der Waals surface area contributed by atoms with E-state index >= 15 is 0 Å². The van der Waals surface area contributed by atoms with Crippen molar-refractivity contribution in [3.8, 4) is 23.0 Å². The van der Waals surface area contributed by atoms with E-state index in [1.165, 1.54) is 31.2 Å². The molecule has 15 nitrogen and oxygen atoms in total. The molecule has 0 spiro atoms. The van der Waals surface area contributed by atoms with Gasteiger partial charge >= 0.3 is 0 Å². The van der Waals surface area contributed by atoms with Crippen molar-refractivity contribution in [3.63, 3.8) is 0 Å². The van der Waals surface area contributed by atoms with Crippen LogP contribution in [0.3, 0.4) is 0 Å². The van der Waals surface area contributed by atoms with Crippen molar-refractivity contribution in [1.82, 2.24) is 0 Å². The van der Waals surface area contributed by atoms with Crippen LogP contribution in [0.4, 0.5) is 0 Å². The van der Waals surface area contributed by atoms with E-state index in [1.807, 2.05) is 0 Å². The van der Waals surface area contributed by atoms with Gasteiger partial charge in [-0.3, -0.25) is 4.79 Å². The molecule has 3 aromatic rings. The highest BCUT2D eigenvalue weighted by Gasteiger charge is 2.50. The normalized spacial score (nSPS) is 35.2. The maximum Gasteiger partial charge on any atom is 0.231 e. The molecule has 2 fully saturated rings. The Kier molecular flexibility index (Phi) is 7.17. The van der Waals surface area contributed by atoms with E-state index in [0.717, 1.165) is 0 Å². The van der Waals surface area contributed by atoms with E-state index in [-0.39, 0.29) is 46.0 Å². The van der Waals surface area contributed by atoms with Crippen LogP contribution in [0.25, 0.3) is 21.9 Å². The molecule has 41 heavy (non-hydrogen) atoms. The van der Waals surface area contributed by atoms with Crippen LogP contribution in [-0.2, 0) is 14.2 Å². The molecule has 3 aliphatic rings. The van der Waals surface area contributed by atoms with Gasteiger partial charge in [-0.25, -0.2) is 0 Å². The minimum atomic E-state index is -1.73. The fraction of sp³-hybridized carbons (Fsp3) is 0.500. The van der Waals surface area contributed by atoms with Crippen LogP contribution >= 0.6 is 0 Å². The zero-order chi connectivity index (χ0) is 29.2. The summed E-state index contributed by atoms with van der Waals surface area (Å²) >= 11 is 0. The van der Waals surface area contributed by atoms with Gasteiger partial charge in [0.15, 0.2) is 23.9 Å². The highest BCUT2D eigenvalue weighted by Crippen LogP contribution is 2.45. The number of fused-ring (bicyclic) bond motifs is 3. The Labute approximate surface area is 230 Å². The Morgan fingerprint density at radius 1 is 0.902 bits per heavy atom. The zero-order valence-electron chi connectivity index (χ0n) is 21.4. The predicted molar refractivity (Wildman–Crippen MR) is 133 cm³/mol. The summed E-state index contributed by atoms with van der Waals surface area (Å²) in [4.78, 5) is 13.4. The number of phenolic OH excluding ortho intramolecular Hbond substituents is 1. The Morgan fingerprint density at radius 3 is 2.44 bits per heavy atom. The van der Waals surface area contributed by atoms with Crippen molar-refractivity contribution in [3.05, 3.63) is 34.5 Å². The largest absolute Gasteiger partial charge is 0.504 e. The Morgan fingerprint density at radius 2 is 1.68 bits per heavy atom. The minimum absolute atomic E-state index is 0.00806. The number of benzene rings is 2. The number of aliphatic hydroxyl groups is 6. The van der Waals surface area contributed by atoms with Crippen LogP contribution in [0, 0.1) is 0 Å². The number of rotatable bonds is 5. The molecule has 222 valence electrons. The molecule has 2 aromatic carbocycles. The third-order valence-electron chi connectivity index (χ3n) is 7.42. The van der Waals surface area contributed by atoms with E-state index in [4.69, 9.17) is 32.8 Å². The van der Waals surface area contributed by atoms with Gasteiger partial charge in [-0.05, 0) is 25.1 Å². The van der Waals surface area contributed by atoms with Gasteiger partial charge in [-0.1, -0.05) is 0 Å². The summed E-state index contributed by atoms with van der Waals surface area (Å²) in [5.41, 5.74) is -0.393. The van der Waals surface area contributed by atoms with Crippen LogP contribution in [-0.4, -0.2) is 111 Å². The van der Waals surface area contributed by atoms with Crippen LogP contribution in [0.2, 0.25) is 0 Å². The van der Waals surface area contributed by atoms with Gasteiger partial charge in [0.05, 0.1) is 18.1 Å². The summed E-state index contributed by atoms with van der Waals surface area (Å²) in [6.45, 7) is 0.606. The van der Waals surface area contributed by atoms with Gasteiger partial charge in [0.25, 0.3) is 0 Å². The van der Waals surface area contributed by atoms with Crippen molar-refractivity contribution in [2.75, 3.05) is 13.4 Å². The third kappa shape index (κ3) is 4.64. The molecular formula is C26H28O15. The van der Waals surface area contributed by atoms with Crippen LogP contribution in [0.5, 0.6) is 23.0 Å². The second-order valence-electron chi connectivity index (χ2n) is 10.0. The zero-order valence-corrected chi connectivity index (χ0v) is 21.4. The third-order valence-corrected chi connectivity index (χ3v) is 7.42. The highest BCUT2D eigenvalue weighted by atomic mass is 16.8. The minimum Gasteiger partial charge on any atom is -0.504 e. The van der Waals surface area contributed by atoms with Crippen LogP contribution < -0.4 is 19.6 Å². The van der Waals surface area contributed by atoms with E-state index in [9.17, 15) is 40.5 Å². The van der Waals surface area contributed by atoms with Gasteiger partial charge < -0.3 is 68.6 Å². The van der Waals surface area contributed by atoms with Gasteiger partial charge in [-0.2, -0.15) is 0 Å². The highest BCUT2D eigenvalue weighted by molar-refractivity contribution is 5.96. The van der Waals surface area contributed by atoms with Crippen molar-refractivity contribution < 1.29 is 68.6 Å². The molecule has 0 saturated carbocycles.